The van der Waals surface area contributed by atoms with Crippen molar-refractivity contribution in [1.29, 1.82) is 0 Å². The van der Waals surface area contributed by atoms with Crippen LogP contribution in [0.25, 0.3) is 0 Å². The second-order valence-electron chi connectivity index (χ2n) is 4.48. The van der Waals surface area contributed by atoms with Gasteiger partial charge in [-0.3, -0.25) is 14.9 Å². The fourth-order valence-electron chi connectivity index (χ4n) is 1.73. The molecule has 0 aliphatic heterocycles. The predicted molar refractivity (Wildman–Crippen MR) is 67.7 cm³/mol. The van der Waals surface area contributed by atoms with E-state index >= 15 is 0 Å². The maximum Gasteiger partial charge on any atom is 0.416 e. The second-order valence-corrected chi connectivity index (χ2v) is 4.48. The molecule has 0 radical (unpaired) electrons. The molecule has 0 saturated heterocycles. The summed E-state index contributed by atoms with van der Waals surface area (Å²) in [6.45, 7) is 0.615. The van der Waals surface area contributed by atoms with Gasteiger partial charge in [-0.25, -0.2) is 0 Å². The molecule has 0 bridgehead atoms. The second kappa shape index (κ2) is 6.71. The van der Waals surface area contributed by atoms with E-state index < -0.39 is 52.6 Å². The van der Waals surface area contributed by atoms with Crippen LogP contribution in [0.2, 0.25) is 0 Å². The molecule has 0 saturated carbocycles. The molecule has 1 aromatic carbocycles. The number of hydrogen-bond donors (Lipinski definition) is 3. The number of non-ortho nitro benzene ring substituents is 1. The fourth-order valence-corrected chi connectivity index (χ4v) is 1.73. The summed E-state index contributed by atoms with van der Waals surface area (Å²) in [5.74, 6) is -0.554. The van der Waals surface area contributed by atoms with Crippen molar-refractivity contribution in [3.05, 3.63) is 39.4 Å². The van der Waals surface area contributed by atoms with Crippen LogP contribution in [0.4, 0.5) is 18.9 Å². The highest BCUT2D eigenvalue weighted by atomic mass is 19.4. The van der Waals surface area contributed by atoms with Crippen molar-refractivity contribution in [1.82, 2.24) is 5.32 Å². The van der Waals surface area contributed by atoms with Gasteiger partial charge in [-0.1, -0.05) is 0 Å². The third kappa shape index (κ3) is 4.40. The monoisotopic (exact) mass is 322 g/mol. The van der Waals surface area contributed by atoms with Crippen LogP contribution in [0.5, 0.6) is 0 Å². The molecule has 1 amide bonds. The Morgan fingerprint density at radius 1 is 1.41 bits per heavy atom. The minimum atomic E-state index is -4.86. The molecular formula is C12H13F3N2O5. The molecule has 0 heterocycles. The number of nitro groups is 1. The van der Waals surface area contributed by atoms with Crippen LogP contribution in [-0.2, 0) is 11.0 Å². The standard InChI is InChI=1S/C12H13F3N2O5/c1-6(18)16-5-10(19)11(20)8-4-7(17(21)22)2-3-9(8)12(13,14)15/h2-4,10-11,19-20H,5H2,1H3,(H,16,18). The molecule has 1 rings (SSSR count). The lowest BCUT2D eigenvalue weighted by Gasteiger charge is -2.21. The van der Waals surface area contributed by atoms with Gasteiger partial charge in [0.1, 0.15) is 12.2 Å². The Morgan fingerprint density at radius 2 is 2.00 bits per heavy atom. The van der Waals surface area contributed by atoms with Crippen molar-refractivity contribution < 1.29 is 33.1 Å². The summed E-state index contributed by atoms with van der Waals surface area (Å²) in [7, 11) is 0. The number of alkyl halides is 3. The first kappa shape index (κ1) is 17.9. The summed E-state index contributed by atoms with van der Waals surface area (Å²) in [6.07, 6.45) is -8.67. The van der Waals surface area contributed by atoms with Gasteiger partial charge >= 0.3 is 6.18 Å². The van der Waals surface area contributed by atoms with E-state index in [1.165, 1.54) is 0 Å². The van der Waals surface area contributed by atoms with E-state index in [1.807, 2.05) is 0 Å². The lowest BCUT2D eigenvalue weighted by Crippen LogP contribution is -2.35. The Hall–Kier alpha value is -2.20. The van der Waals surface area contributed by atoms with E-state index in [9.17, 15) is 38.3 Å². The van der Waals surface area contributed by atoms with E-state index in [0.717, 1.165) is 6.92 Å². The first-order valence-corrected chi connectivity index (χ1v) is 6.00. The average molecular weight is 322 g/mol. The molecule has 0 aliphatic carbocycles. The van der Waals surface area contributed by atoms with E-state index in [1.54, 1.807) is 0 Å². The number of carbonyl (C=O) groups excluding carboxylic acids is 1. The maximum absolute atomic E-state index is 12.9. The Bertz CT molecular complexity index is 576. The number of aliphatic hydroxyl groups excluding tert-OH is 2. The molecule has 22 heavy (non-hydrogen) atoms. The number of nitrogens with zero attached hydrogens (tertiary/aromatic N) is 1. The number of benzene rings is 1. The van der Waals surface area contributed by atoms with Gasteiger partial charge in [0.15, 0.2) is 0 Å². The van der Waals surface area contributed by atoms with Crippen LogP contribution in [0.15, 0.2) is 18.2 Å². The topological polar surface area (TPSA) is 113 Å². The minimum Gasteiger partial charge on any atom is -0.388 e. The van der Waals surface area contributed by atoms with Gasteiger partial charge in [0.05, 0.1) is 10.5 Å². The summed E-state index contributed by atoms with van der Waals surface area (Å²) >= 11 is 0. The number of rotatable bonds is 5. The van der Waals surface area contributed by atoms with Crippen molar-refractivity contribution in [2.75, 3.05) is 6.54 Å². The third-order valence-corrected chi connectivity index (χ3v) is 2.79. The molecular weight excluding hydrogens is 309 g/mol. The molecule has 2 unspecified atom stereocenters. The molecule has 2 atom stereocenters. The largest absolute Gasteiger partial charge is 0.416 e. The van der Waals surface area contributed by atoms with Gasteiger partial charge in [0.2, 0.25) is 5.91 Å². The highest BCUT2D eigenvalue weighted by Crippen LogP contribution is 2.37. The van der Waals surface area contributed by atoms with Gasteiger partial charge in [-0.15, -0.1) is 0 Å². The number of nitro benzene ring substituents is 1. The zero-order chi connectivity index (χ0) is 17.1. The first-order valence-electron chi connectivity index (χ1n) is 6.00. The number of hydrogen-bond acceptors (Lipinski definition) is 5. The molecule has 122 valence electrons. The summed E-state index contributed by atoms with van der Waals surface area (Å²) in [6, 6.07) is 1.66. The number of carbonyl (C=O) groups is 1. The average Bonchev–Trinajstić information content (AvgIpc) is 2.42. The minimum absolute atomic E-state index is 0.460. The van der Waals surface area contributed by atoms with E-state index in [-0.39, 0.29) is 0 Å². The summed E-state index contributed by atoms with van der Waals surface area (Å²) < 4.78 is 38.7. The summed E-state index contributed by atoms with van der Waals surface area (Å²) in [5, 5.41) is 32.2. The van der Waals surface area contributed by atoms with Crippen LogP contribution in [0.1, 0.15) is 24.2 Å². The summed E-state index contributed by atoms with van der Waals surface area (Å²) in [5.41, 5.74) is -2.79. The predicted octanol–water partition coefficient (Wildman–Crippen LogP) is 1.14. The molecule has 1 aromatic rings. The molecule has 7 nitrogen and oxygen atoms in total. The van der Waals surface area contributed by atoms with Crippen LogP contribution in [-0.4, -0.2) is 33.7 Å². The lowest BCUT2D eigenvalue weighted by molar-refractivity contribution is -0.385. The third-order valence-electron chi connectivity index (χ3n) is 2.79. The van der Waals surface area contributed by atoms with Crippen molar-refractivity contribution in [3.63, 3.8) is 0 Å². The van der Waals surface area contributed by atoms with Gasteiger partial charge in [0.25, 0.3) is 5.69 Å². The Balaban J connectivity index is 3.20. The van der Waals surface area contributed by atoms with Crippen molar-refractivity contribution in [2.24, 2.45) is 0 Å². The van der Waals surface area contributed by atoms with E-state index in [0.29, 0.717) is 18.2 Å². The van der Waals surface area contributed by atoms with Gasteiger partial charge in [-0.05, 0) is 6.07 Å². The maximum atomic E-state index is 12.9. The number of aliphatic hydroxyl groups is 2. The van der Waals surface area contributed by atoms with Gasteiger partial charge in [0, 0.05) is 31.2 Å². The zero-order valence-corrected chi connectivity index (χ0v) is 11.3. The molecule has 0 aromatic heterocycles. The number of nitrogens with one attached hydrogen (secondary N) is 1. The fraction of sp³-hybridized carbons (Fsp3) is 0.417. The highest BCUT2D eigenvalue weighted by molar-refractivity contribution is 5.72. The van der Waals surface area contributed by atoms with E-state index in [4.69, 9.17) is 0 Å². The van der Waals surface area contributed by atoms with Crippen molar-refractivity contribution >= 4 is 11.6 Å². The van der Waals surface area contributed by atoms with Crippen LogP contribution < -0.4 is 5.32 Å². The normalized spacial score (nSPS) is 14.3. The first-order chi connectivity index (χ1) is 10.0. The Labute approximate surface area is 122 Å². The van der Waals surface area contributed by atoms with Crippen molar-refractivity contribution in [2.45, 2.75) is 25.3 Å². The van der Waals surface area contributed by atoms with Crippen LogP contribution >= 0.6 is 0 Å². The molecule has 10 heteroatoms. The lowest BCUT2D eigenvalue weighted by atomic mass is 9.97. The Morgan fingerprint density at radius 3 is 2.45 bits per heavy atom. The van der Waals surface area contributed by atoms with Gasteiger partial charge in [-0.2, -0.15) is 13.2 Å². The van der Waals surface area contributed by atoms with E-state index in [2.05, 4.69) is 5.32 Å². The molecule has 0 fully saturated rings. The van der Waals surface area contributed by atoms with Crippen molar-refractivity contribution in [3.8, 4) is 0 Å². The van der Waals surface area contributed by atoms with Gasteiger partial charge < -0.3 is 15.5 Å². The summed E-state index contributed by atoms with van der Waals surface area (Å²) in [4.78, 5) is 20.4. The number of amides is 1. The molecule has 0 spiro atoms. The number of halogens is 3. The quantitative estimate of drug-likeness (QED) is 0.556. The molecule has 0 aliphatic rings. The van der Waals surface area contributed by atoms with Crippen LogP contribution in [0, 0.1) is 10.1 Å². The van der Waals surface area contributed by atoms with Crippen LogP contribution in [0.3, 0.4) is 0 Å². The highest BCUT2D eigenvalue weighted by Gasteiger charge is 2.37. The SMILES string of the molecule is CC(=O)NCC(O)C(O)c1cc([N+](=O)[O-])ccc1C(F)(F)F. The smallest absolute Gasteiger partial charge is 0.388 e. The molecule has 3 N–H and O–H groups in total. The zero-order valence-electron chi connectivity index (χ0n) is 11.3. The Kier molecular flexibility index (Phi) is 5.44.